The number of hydrogen-bond donors (Lipinski definition) is 1. The molecule has 0 aliphatic carbocycles. The van der Waals surface area contributed by atoms with Crippen molar-refractivity contribution >= 4 is 11.6 Å². The first-order valence-corrected chi connectivity index (χ1v) is 5.85. The molecule has 1 amide bonds. The van der Waals surface area contributed by atoms with Crippen LogP contribution in [0, 0.1) is 10.1 Å². The second-order valence-electron chi connectivity index (χ2n) is 3.93. The van der Waals surface area contributed by atoms with Crippen molar-refractivity contribution in [1.29, 1.82) is 0 Å². The molecule has 0 heterocycles. The van der Waals surface area contributed by atoms with Crippen LogP contribution in [0.15, 0.2) is 48.5 Å². The number of rotatable bonds is 4. The van der Waals surface area contributed by atoms with Gasteiger partial charge in [-0.15, -0.1) is 0 Å². The Labute approximate surface area is 115 Å². The molecule has 0 aliphatic heterocycles. The zero-order valence-corrected chi connectivity index (χ0v) is 10.7. The Kier molecular flexibility index (Phi) is 3.95. The number of hydrogen-bond acceptors (Lipinski definition) is 4. The standard InChI is InChI=1S/C14H12N2O4/c1-15-14(17)10-5-4-6-11(9-10)20-13-8-3-2-7-12(13)16(18)19/h2-9H,1H3,(H,15,17). The third-order valence-electron chi connectivity index (χ3n) is 2.61. The highest BCUT2D eigenvalue weighted by molar-refractivity contribution is 5.94. The summed E-state index contributed by atoms with van der Waals surface area (Å²) in [5.74, 6) is 0.241. The number of carbonyl (C=O) groups excluding carboxylic acids is 1. The SMILES string of the molecule is CNC(=O)c1cccc(Oc2ccccc2[N+](=O)[O-])c1. The first-order valence-electron chi connectivity index (χ1n) is 5.85. The summed E-state index contributed by atoms with van der Waals surface area (Å²) in [5.41, 5.74) is 0.293. The summed E-state index contributed by atoms with van der Waals surface area (Å²) in [6, 6.07) is 12.5. The fraction of sp³-hybridized carbons (Fsp3) is 0.0714. The van der Waals surface area contributed by atoms with Gasteiger partial charge in [0.15, 0.2) is 0 Å². The van der Waals surface area contributed by atoms with Gasteiger partial charge in [0, 0.05) is 18.7 Å². The molecule has 0 unspecified atom stereocenters. The molecule has 2 aromatic carbocycles. The maximum atomic E-state index is 11.5. The summed E-state index contributed by atoms with van der Waals surface area (Å²) in [6.07, 6.45) is 0. The van der Waals surface area contributed by atoms with Crippen molar-refractivity contribution < 1.29 is 14.5 Å². The van der Waals surface area contributed by atoms with Gasteiger partial charge >= 0.3 is 5.69 Å². The van der Waals surface area contributed by atoms with E-state index < -0.39 is 4.92 Å². The Hall–Kier alpha value is -2.89. The van der Waals surface area contributed by atoms with E-state index in [1.54, 1.807) is 30.3 Å². The van der Waals surface area contributed by atoms with Gasteiger partial charge in [0.25, 0.3) is 5.91 Å². The minimum atomic E-state index is -0.516. The van der Waals surface area contributed by atoms with Crippen molar-refractivity contribution in [3.8, 4) is 11.5 Å². The van der Waals surface area contributed by atoms with Crippen LogP contribution in [0.5, 0.6) is 11.5 Å². The lowest BCUT2D eigenvalue weighted by molar-refractivity contribution is -0.385. The summed E-state index contributed by atoms with van der Waals surface area (Å²) in [4.78, 5) is 21.9. The average Bonchev–Trinajstić information content (AvgIpc) is 2.47. The molecule has 0 spiro atoms. The van der Waals surface area contributed by atoms with Crippen molar-refractivity contribution in [2.45, 2.75) is 0 Å². The monoisotopic (exact) mass is 272 g/mol. The predicted molar refractivity (Wildman–Crippen MR) is 73.0 cm³/mol. The van der Waals surface area contributed by atoms with Crippen LogP contribution in [0.2, 0.25) is 0 Å². The van der Waals surface area contributed by atoms with E-state index in [0.717, 1.165) is 0 Å². The maximum Gasteiger partial charge on any atom is 0.311 e. The predicted octanol–water partition coefficient (Wildman–Crippen LogP) is 2.75. The van der Waals surface area contributed by atoms with Gasteiger partial charge < -0.3 is 10.1 Å². The van der Waals surface area contributed by atoms with Gasteiger partial charge in [0.1, 0.15) is 5.75 Å². The van der Waals surface area contributed by atoms with Crippen LogP contribution >= 0.6 is 0 Å². The molecule has 20 heavy (non-hydrogen) atoms. The van der Waals surface area contributed by atoms with E-state index in [9.17, 15) is 14.9 Å². The minimum Gasteiger partial charge on any atom is -0.450 e. The molecule has 0 atom stereocenters. The van der Waals surface area contributed by atoms with Crippen molar-refractivity contribution in [2.24, 2.45) is 0 Å². The number of carbonyl (C=O) groups is 1. The van der Waals surface area contributed by atoms with E-state index in [1.165, 1.54) is 25.2 Å². The zero-order chi connectivity index (χ0) is 14.5. The van der Waals surface area contributed by atoms with Gasteiger partial charge in [-0.1, -0.05) is 18.2 Å². The highest BCUT2D eigenvalue weighted by Crippen LogP contribution is 2.30. The molecule has 0 saturated heterocycles. The van der Waals surface area contributed by atoms with E-state index in [-0.39, 0.29) is 17.3 Å². The van der Waals surface area contributed by atoms with Gasteiger partial charge in [0.2, 0.25) is 5.75 Å². The fourth-order valence-electron chi connectivity index (χ4n) is 1.67. The first kappa shape index (κ1) is 13.5. The Bertz CT molecular complexity index is 655. The molecule has 0 bridgehead atoms. The molecule has 2 rings (SSSR count). The second kappa shape index (κ2) is 5.83. The molecule has 0 aliphatic rings. The highest BCUT2D eigenvalue weighted by Gasteiger charge is 2.14. The Morgan fingerprint density at radius 2 is 1.95 bits per heavy atom. The van der Waals surface area contributed by atoms with Gasteiger partial charge in [-0.05, 0) is 24.3 Å². The van der Waals surface area contributed by atoms with E-state index in [2.05, 4.69) is 5.32 Å². The summed E-state index contributed by atoms with van der Waals surface area (Å²) >= 11 is 0. The quantitative estimate of drug-likeness (QED) is 0.685. The average molecular weight is 272 g/mol. The third-order valence-corrected chi connectivity index (χ3v) is 2.61. The number of nitrogens with zero attached hydrogens (tertiary/aromatic N) is 1. The van der Waals surface area contributed by atoms with Gasteiger partial charge in [-0.3, -0.25) is 14.9 Å². The number of ether oxygens (including phenoxy) is 1. The Morgan fingerprint density at radius 1 is 1.20 bits per heavy atom. The van der Waals surface area contributed by atoms with Crippen LogP contribution in [-0.4, -0.2) is 17.9 Å². The number of nitro benzene ring substituents is 1. The van der Waals surface area contributed by atoms with Crippen LogP contribution in [0.4, 0.5) is 5.69 Å². The van der Waals surface area contributed by atoms with E-state index in [0.29, 0.717) is 11.3 Å². The lowest BCUT2D eigenvalue weighted by Crippen LogP contribution is -2.17. The molecule has 6 nitrogen and oxygen atoms in total. The van der Waals surface area contributed by atoms with E-state index in [4.69, 9.17) is 4.74 Å². The number of benzene rings is 2. The van der Waals surface area contributed by atoms with Crippen molar-refractivity contribution in [3.05, 3.63) is 64.2 Å². The summed E-state index contributed by atoms with van der Waals surface area (Å²) < 4.78 is 5.48. The fourth-order valence-corrected chi connectivity index (χ4v) is 1.67. The summed E-state index contributed by atoms with van der Waals surface area (Å²) in [6.45, 7) is 0. The topological polar surface area (TPSA) is 81.5 Å². The second-order valence-corrected chi connectivity index (χ2v) is 3.93. The van der Waals surface area contributed by atoms with Crippen molar-refractivity contribution in [2.75, 3.05) is 7.05 Å². The molecular formula is C14H12N2O4. The number of para-hydroxylation sites is 2. The normalized spacial score (nSPS) is 9.85. The van der Waals surface area contributed by atoms with Crippen LogP contribution in [-0.2, 0) is 0 Å². The van der Waals surface area contributed by atoms with E-state index >= 15 is 0 Å². The molecule has 1 N–H and O–H groups in total. The smallest absolute Gasteiger partial charge is 0.311 e. The molecule has 102 valence electrons. The van der Waals surface area contributed by atoms with Crippen LogP contribution in [0.1, 0.15) is 10.4 Å². The van der Waals surface area contributed by atoms with Crippen LogP contribution in [0.3, 0.4) is 0 Å². The lowest BCUT2D eigenvalue weighted by atomic mass is 10.2. The number of nitro groups is 1. The Morgan fingerprint density at radius 3 is 2.65 bits per heavy atom. The highest BCUT2D eigenvalue weighted by atomic mass is 16.6. The molecule has 0 aromatic heterocycles. The maximum absolute atomic E-state index is 11.5. The molecule has 0 radical (unpaired) electrons. The third kappa shape index (κ3) is 2.92. The zero-order valence-electron chi connectivity index (χ0n) is 10.7. The number of amides is 1. The molecule has 6 heteroatoms. The summed E-state index contributed by atoms with van der Waals surface area (Å²) in [5, 5.41) is 13.4. The van der Waals surface area contributed by atoms with Gasteiger partial charge in [-0.2, -0.15) is 0 Å². The van der Waals surface area contributed by atoms with Gasteiger partial charge in [-0.25, -0.2) is 0 Å². The largest absolute Gasteiger partial charge is 0.450 e. The van der Waals surface area contributed by atoms with Crippen LogP contribution < -0.4 is 10.1 Å². The lowest BCUT2D eigenvalue weighted by Gasteiger charge is -2.07. The van der Waals surface area contributed by atoms with Crippen molar-refractivity contribution in [3.63, 3.8) is 0 Å². The molecule has 0 saturated carbocycles. The van der Waals surface area contributed by atoms with E-state index in [1.807, 2.05) is 0 Å². The van der Waals surface area contributed by atoms with Crippen LogP contribution in [0.25, 0.3) is 0 Å². The number of nitrogens with one attached hydrogen (secondary N) is 1. The first-order chi connectivity index (χ1) is 9.61. The molecule has 2 aromatic rings. The molecule has 0 fully saturated rings. The Balaban J connectivity index is 2.31. The summed E-state index contributed by atoms with van der Waals surface area (Å²) in [7, 11) is 1.53. The van der Waals surface area contributed by atoms with Gasteiger partial charge in [0.05, 0.1) is 4.92 Å². The minimum absolute atomic E-state index is 0.127. The van der Waals surface area contributed by atoms with Crippen molar-refractivity contribution in [1.82, 2.24) is 5.32 Å². The molecular weight excluding hydrogens is 260 g/mol.